The van der Waals surface area contributed by atoms with Gasteiger partial charge in [0.2, 0.25) is 10.0 Å². The monoisotopic (exact) mass is 368 g/mol. The Bertz CT molecular complexity index is 735. The maximum absolute atomic E-state index is 13.0. The van der Waals surface area contributed by atoms with Gasteiger partial charge in [-0.25, -0.2) is 8.42 Å². The molecule has 2 fully saturated rings. The highest BCUT2D eigenvalue weighted by molar-refractivity contribution is 7.89. The number of methoxy groups -OCH3 is 1. The van der Waals surface area contributed by atoms with Gasteiger partial charge >= 0.3 is 0 Å². The van der Waals surface area contributed by atoms with E-state index >= 15 is 0 Å². The lowest BCUT2D eigenvalue weighted by Crippen LogP contribution is -2.52. The van der Waals surface area contributed by atoms with Crippen LogP contribution in [0.15, 0.2) is 23.1 Å². The van der Waals surface area contributed by atoms with E-state index in [4.69, 9.17) is 9.47 Å². The number of sulfonamides is 1. The quantitative estimate of drug-likeness (QED) is 0.793. The molecule has 0 N–H and O–H groups in total. The summed E-state index contributed by atoms with van der Waals surface area (Å²) in [5.41, 5.74) is 0.853. The Morgan fingerprint density at radius 1 is 1.24 bits per heavy atom. The van der Waals surface area contributed by atoms with E-state index in [1.54, 1.807) is 17.0 Å². The zero-order chi connectivity index (χ0) is 18.0. The number of amides is 1. The van der Waals surface area contributed by atoms with Gasteiger partial charge in [-0.3, -0.25) is 4.79 Å². The zero-order valence-electron chi connectivity index (χ0n) is 14.6. The number of carbonyl (C=O) groups excluding carboxylic acids is 1. The molecule has 0 aliphatic carbocycles. The predicted octanol–water partition coefficient (Wildman–Crippen LogP) is 1.02. The lowest BCUT2D eigenvalue weighted by atomic mass is 10.2. The minimum atomic E-state index is -3.66. The Balaban J connectivity index is 1.71. The van der Waals surface area contributed by atoms with E-state index < -0.39 is 10.0 Å². The maximum atomic E-state index is 13.0. The normalized spacial score (nSPS) is 22.2. The topological polar surface area (TPSA) is 76.2 Å². The molecule has 7 nitrogen and oxygen atoms in total. The van der Waals surface area contributed by atoms with Crippen molar-refractivity contribution < 1.29 is 22.7 Å². The first-order valence-corrected chi connectivity index (χ1v) is 9.92. The molecule has 2 saturated heterocycles. The van der Waals surface area contributed by atoms with Crippen molar-refractivity contribution in [3.8, 4) is 5.75 Å². The van der Waals surface area contributed by atoms with Crippen molar-refractivity contribution >= 4 is 15.9 Å². The van der Waals surface area contributed by atoms with Crippen molar-refractivity contribution in [1.82, 2.24) is 9.21 Å². The second-order valence-electron chi connectivity index (χ2n) is 6.39. The average Bonchev–Trinajstić information content (AvgIpc) is 3.16. The molecule has 1 atom stereocenters. The van der Waals surface area contributed by atoms with Crippen LogP contribution in [0, 0.1) is 6.92 Å². The molecule has 2 heterocycles. The number of piperazine rings is 1. The standard InChI is InChI=1S/C17H24N2O5S/c1-13-5-6-14(23-2)16(12-13)25(21,22)19-9-7-18(8-10-19)17(20)15-4-3-11-24-15/h5-6,12,15H,3-4,7-11H2,1-2H3. The van der Waals surface area contributed by atoms with Gasteiger partial charge < -0.3 is 14.4 Å². The predicted molar refractivity (Wildman–Crippen MR) is 92.0 cm³/mol. The third-order valence-electron chi connectivity index (χ3n) is 4.69. The van der Waals surface area contributed by atoms with Crippen LogP contribution in [0.3, 0.4) is 0 Å². The van der Waals surface area contributed by atoms with Gasteiger partial charge in [-0.15, -0.1) is 0 Å². The van der Waals surface area contributed by atoms with Gasteiger partial charge in [-0.2, -0.15) is 4.31 Å². The summed E-state index contributed by atoms with van der Waals surface area (Å²) in [6.07, 6.45) is 1.29. The number of rotatable bonds is 4. The second kappa shape index (κ2) is 7.31. The lowest BCUT2D eigenvalue weighted by Gasteiger charge is -2.35. The Labute approximate surface area is 148 Å². The highest BCUT2D eigenvalue weighted by Gasteiger charge is 2.35. The molecule has 0 saturated carbocycles. The van der Waals surface area contributed by atoms with Crippen molar-refractivity contribution in [3.05, 3.63) is 23.8 Å². The molecule has 0 bridgehead atoms. The summed E-state index contributed by atoms with van der Waals surface area (Å²) in [5, 5.41) is 0. The summed E-state index contributed by atoms with van der Waals surface area (Å²) in [6.45, 7) is 3.78. The first-order valence-electron chi connectivity index (χ1n) is 8.48. The fourth-order valence-corrected chi connectivity index (χ4v) is 4.91. The van der Waals surface area contributed by atoms with Gasteiger partial charge in [0.15, 0.2) is 0 Å². The van der Waals surface area contributed by atoms with Gasteiger partial charge in [-0.1, -0.05) is 6.07 Å². The number of nitrogens with zero attached hydrogens (tertiary/aromatic N) is 2. The summed E-state index contributed by atoms with van der Waals surface area (Å²) in [5.74, 6) is 0.311. The Hall–Kier alpha value is -1.64. The Kier molecular flexibility index (Phi) is 5.31. The third-order valence-corrected chi connectivity index (χ3v) is 6.61. The van der Waals surface area contributed by atoms with Crippen LogP contribution in [0.5, 0.6) is 5.75 Å². The van der Waals surface area contributed by atoms with E-state index in [1.807, 2.05) is 13.0 Å². The first-order chi connectivity index (χ1) is 11.9. The Morgan fingerprint density at radius 3 is 2.56 bits per heavy atom. The van der Waals surface area contributed by atoms with E-state index in [-0.39, 0.29) is 30.0 Å². The van der Waals surface area contributed by atoms with E-state index in [0.717, 1.165) is 18.4 Å². The summed E-state index contributed by atoms with van der Waals surface area (Å²) >= 11 is 0. The van der Waals surface area contributed by atoms with Crippen LogP contribution >= 0.6 is 0 Å². The first kappa shape index (κ1) is 18.2. The van der Waals surface area contributed by atoms with Crippen molar-refractivity contribution in [2.45, 2.75) is 30.8 Å². The molecule has 1 aromatic carbocycles. The SMILES string of the molecule is COc1ccc(C)cc1S(=O)(=O)N1CCN(C(=O)C2CCCO2)CC1. The number of hydrogen-bond donors (Lipinski definition) is 0. The molecular formula is C17H24N2O5S. The smallest absolute Gasteiger partial charge is 0.251 e. The molecule has 0 spiro atoms. The second-order valence-corrected chi connectivity index (χ2v) is 8.29. The molecule has 3 rings (SSSR count). The van der Waals surface area contributed by atoms with Gasteiger partial charge in [-0.05, 0) is 37.5 Å². The minimum absolute atomic E-state index is 0.0253. The zero-order valence-corrected chi connectivity index (χ0v) is 15.4. The highest BCUT2D eigenvalue weighted by Crippen LogP contribution is 2.28. The number of hydrogen-bond acceptors (Lipinski definition) is 5. The minimum Gasteiger partial charge on any atom is -0.495 e. The number of benzene rings is 1. The van der Waals surface area contributed by atoms with E-state index in [9.17, 15) is 13.2 Å². The maximum Gasteiger partial charge on any atom is 0.251 e. The van der Waals surface area contributed by atoms with Crippen LogP contribution in [0.4, 0.5) is 0 Å². The van der Waals surface area contributed by atoms with Gasteiger partial charge in [0.1, 0.15) is 16.7 Å². The van der Waals surface area contributed by atoms with Crippen molar-refractivity contribution in [3.63, 3.8) is 0 Å². The number of carbonyl (C=O) groups is 1. The summed E-state index contributed by atoms with van der Waals surface area (Å²) in [6, 6.07) is 5.10. The van der Waals surface area contributed by atoms with Gasteiger partial charge in [0, 0.05) is 32.8 Å². The van der Waals surface area contributed by atoms with E-state index in [0.29, 0.717) is 25.4 Å². The molecule has 2 aliphatic heterocycles. The summed E-state index contributed by atoms with van der Waals surface area (Å²) in [7, 11) is -2.20. The molecular weight excluding hydrogens is 344 g/mol. The van der Waals surface area contributed by atoms with Crippen LogP contribution < -0.4 is 4.74 Å². The van der Waals surface area contributed by atoms with Gasteiger partial charge in [0.25, 0.3) is 5.91 Å². The fourth-order valence-electron chi connectivity index (χ4n) is 3.25. The van der Waals surface area contributed by atoms with E-state index in [1.165, 1.54) is 11.4 Å². The molecule has 0 aromatic heterocycles. The Morgan fingerprint density at radius 2 is 1.96 bits per heavy atom. The lowest BCUT2D eigenvalue weighted by molar-refractivity contribution is -0.142. The fraction of sp³-hybridized carbons (Fsp3) is 0.588. The molecule has 8 heteroatoms. The highest BCUT2D eigenvalue weighted by atomic mass is 32.2. The van der Waals surface area contributed by atoms with Crippen molar-refractivity contribution in [1.29, 1.82) is 0 Å². The molecule has 1 unspecified atom stereocenters. The van der Waals surface area contributed by atoms with Gasteiger partial charge in [0.05, 0.1) is 7.11 Å². The molecule has 2 aliphatic rings. The number of aryl methyl sites for hydroxylation is 1. The summed E-state index contributed by atoms with van der Waals surface area (Å²) in [4.78, 5) is 14.3. The van der Waals surface area contributed by atoms with E-state index in [2.05, 4.69) is 0 Å². The molecule has 0 radical (unpaired) electrons. The average molecular weight is 368 g/mol. The largest absolute Gasteiger partial charge is 0.495 e. The summed E-state index contributed by atoms with van der Waals surface area (Å²) < 4.78 is 38.0. The van der Waals surface area contributed by atoms with Crippen molar-refractivity contribution in [2.24, 2.45) is 0 Å². The van der Waals surface area contributed by atoms with Crippen LogP contribution in [-0.4, -0.2) is 69.5 Å². The molecule has 25 heavy (non-hydrogen) atoms. The van der Waals surface area contributed by atoms with Crippen LogP contribution in [0.1, 0.15) is 18.4 Å². The number of ether oxygens (including phenoxy) is 2. The molecule has 1 aromatic rings. The third kappa shape index (κ3) is 3.65. The van der Waals surface area contributed by atoms with Crippen LogP contribution in [0.25, 0.3) is 0 Å². The van der Waals surface area contributed by atoms with Crippen LogP contribution in [0.2, 0.25) is 0 Å². The molecule has 1 amide bonds. The van der Waals surface area contributed by atoms with Crippen LogP contribution in [-0.2, 0) is 19.6 Å². The van der Waals surface area contributed by atoms with Crippen molar-refractivity contribution in [2.75, 3.05) is 39.9 Å². The molecule has 138 valence electrons.